The third-order valence-corrected chi connectivity index (χ3v) is 2.66. The number of aromatic amines is 1. The lowest BCUT2D eigenvalue weighted by atomic mass is 10.1. The molecule has 0 bridgehead atoms. The number of aromatic nitrogens is 3. The van der Waals surface area contributed by atoms with Gasteiger partial charge in [-0.1, -0.05) is 23.8 Å². The minimum Gasteiger partial charge on any atom is -0.384 e. The molecule has 84 valence electrons. The predicted octanol–water partition coefficient (Wildman–Crippen LogP) is 2.52. The van der Waals surface area contributed by atoms with Gasteiger partial charge in [-0.2, -0.15) is 0 Å². The zero-order valence-electron chi connectivity index (χ0n) is 9.44. The van der Waals surface area contributed by atoms with E-state index in [9.17, 15) is 0 Å². The molecule has 4 heteroatoms. The molecular formula is C13H12N4. The van der Waals surface area contributed by atoms with Gasteiger partial charge in [-0.25, -0.2) is 9.97 Å². The second-order valence-electron chi connectivity index (χ2n) is 4.06. The standard InChI is InChI=1S/C13H12N4/c1-8-3-2-4-9(7-8)12-15-10-5-6-11(14)16-13(10)17-12/h2-7H,1H3,(H3,14,15,16,17). The maximum atomic E-state index is 5.63. The van der Waals surface area contributed by atoms with Gasteiger partial charge in [-0.05, 0) is 25.1 Å². The summed E-state index contributed by atoms with van der Waals surface area (Å²) in [5, 5.41) is 0. The summed E-state index contributed by atoms with van der Waals surface area (Å²) in [6.07, 6.45) is 0. The van der Waals surface area contributed by atoms with E-state index in [-0.39, 0.29) is 0 Å². The summed E-state index contributed by atoms with van der Waals surface area (Å²) in [4.78, 5) is 11.9. The molecule has 0 unspecified atom stereocenters. The van der Waals surface area contributed by atoms with Gasteiger partial charge in [0.2, 0.25) is 0 Å². The van der Waals surface area contributed by atoms with Gasteiger partial charge < -0.3 is 10.7 Å². The van der Waals surface area contributed by atoms with Crippen LogP contribution < -0.4 is 5.73 Å². The minimum absolute atomic E-state index is 0.486. The Labute approximate surface area is 98.5 Å². The van der Waals surface area contributed by atoms with Crippen LogP contribution in [0, 0.1) is 6.92 Å². The molecule has 0 amide bonds. The van der Waals surface area contributed by atoms with E-state index in [1.54, 1.807) is 6.07 Å². The molecule has 0 aliphatic rings. The molecule has 2 heterocycles. The summed E-state index contributed by atoms with van der Waals surface area (Å²) in [6.45, 7) is 2.06. The first-order valence-corrected chi connectivity index (χ1v) is 5.42. The monoisotopic (exact) mass is 224 g/mol. The fourth-order valence-electron chi connectivity index (χ4n) is 1.84. The zero-order chi connectivity index (χ0) is 11.8. The van der Waals surface area contributed by atoms with E-state index in [1.807, 2.05) is 18.2 Å². The highest BCUT2D eigenvalue weighted by Gasteiger charge is 2.06. The Kier molecular flexibility index (Phi) is 2.08. The molecule has 0 aliphatic carbocycles. The van der Waals surface area contributed by atoms with Crippen LogP contribution in [0.3, 0.4) is 0 Å². The Morgan fingerprint density at radius 3 is 2.82 bits per heavy atom. The highest BCUT2D eigenvalue weighted by Crippen LogP contribution is 2.20. The Hall–Kier alpha value is -2.36. The van der Waals surface area contributed by atoms with Crippen molar-refractivity contribution in [3.05, 3.63) is 42.0 Å². The average molecular weight is 224 g/mol. The van der Waals surface area contributed by atoms with Crippen LogP contribution in [0.25, 0.3) is 22.6 Å². The number of rotatable bonds is 1. The molecule has 3 N–H and O–H groups in total. The van der Waals surface area contributed by atoms with Gasteiger partial charge in [-0.3, -0.25) is 0 Å². The van der Waals surface area contributed by atoms with Crippen molar-refractivity contribution in [3.8, 4) is 11.4 Å². The van der Waals surface area contributed by atoms with Gasteiger partial charge in [-0.15, -0.1) is 0 Å². The topological polar surface area (TPSA) is 67.6 Å². The van der Waals surface area contributed by atoms with Crippen LogP contribution in [-0.2, 0) is 0 Å². The molecule has 0 saturated carbocycles. The van der Waals surface area contributed by atoms with Crippen molar-refractivity contribution in [2.24, 2.45) is 0 Å². The van der Waals surface area contributed by atoms with Gasteiger partial charge in [0.15, 0.2) is 5.65 Å². The first-order chi connectivity index (χ1) is 8.22. The van der Waals surface area contributed by atoms with Gasteiger partial charge >= 0.3 is 0 Å². The second-order valence-corrected chi connectivity index (χ2v) is 4.06. The fraction of sp³-hybridized carbons (Fsp3) is 0.0769. The summed E-state index contributed by atoms with van der Waals surface area (Å²) < 4.78 is 0. The summed E-state index contributed by atoms with van der Waals surface area (Å²) in [6, 6.07) is 11.8. The van der Waals surface area contributed by atoms with Gasteiger partial charge in [0.05, 0.1) is 5.52 Å². The Morgan fingerprint density at radius 2 is 2.00 bits per heavy atom. The van der Waals surface area contributed by atoms with Crippen molar-refractivity contribution < 1.29 is 0 Å². The first kappa shape index (κ1) is 9.84. The number of hydrogen-bond donors (Lipinski definition) is 2. The third kappa shape index (κ3) is 1.73. The number of nitrogens with zero attached hydrogens (tertiary/aromatic N) is 2. The van der Waals surface area contributed by atoms with E-state index >= 15 is 0 Å². The molecule has 0 atom stereocenters. The summed E-state index contributed by atoms with van der Waals surface area (Å²) in [5.74, 6) is 1.31. The summed E-state index contributed by atoms with van der Waals surface area (Å²) >= 11 is 0. The number of anilines is 1. The molecule has 3 aromatic rings. The van der Waals surface area contributed by atoms with Crippen LogP contribution in [0.2, 0.25) is 0 Å². The van der Waals surface area contributed by atoms with Crippen LogP contribution in [0.4, 0.5) is 5.82 Å². The normalized spacial score (nSPS) is 10.9. The molecule has 2 aromatic heterocycles. The number of imidazole rings is 1. The van der Waals surface area contributed by atoms with Crippen molar-refractivity contribution >= 4 is 17.0 Å². The molecule has 0 aliphatic heterocycles. The first-order valence-electron chi connectivity index (χ1n) is 5.42. The van der Waals surface area contributed by atoms with Crippen molar-refractivity contribution in [2.45, 2.75) is 6.92 Å². The Bertz CT molecular complexity index is 685. The van der Waals surface area contributed by atoms with Crippen molar-refractivity contribution in [2.75, 3.05) is 5.73 Å². The van der Waals surface area contributed by atoms with E-state index in [1.165, 1.54) is 5.56 Å². The molecule has 0 saturated heterocycles. The second kappa shape index (κ2) is 3.59. The number of benzene rings is 1. The number of fused-ring (bicyclic) bond motifs is 1. The molecule has 0 spiro atoms. The fourth-order valence-corrected chi connectivity index (χ4v) is 1.84. The molecule has 3 rings (SSSR count). The molecule has 1 aromatic carbocycles. The molecule has 0 radical (unpaired) electrons. The lowest BCUT2D eigenvalue weighted by molar-refractivity contribution is 1.30. The van der Waals surface area contributed by atoms with E-state index in [0.29, 0.717) is 11.5 Å². The number of H-pyrrole nitrogens is 1. The zero-order valence-corrected chi connectivity index (χ0v) is 9.44. The van der Waals surface area contributed by atoms with Gasteiger partial charge in [0.25, 0.3) is 0 Å². The smallest absolute Gasteiger partial charge is 0.180 e. The molecular weight excluding hydrogens is 212 g/mol. The van der Waals surface area contributed by atoms with E-state index in [4.69, 9.17) is 5.73 Å². The highest BCUT2D eigenvalue weighted by atomic mass is 15.0. The number of aryl methyl sites for hydroxylation is 1. The lowest BCUT2D eigenvalue weighted by Crippen LogP contribution is -1.88. The van der Waals surface area contributed by atoms with Crippen molar-refractivity contribution in [1.82, 2.24) is 15.0 Å². The van der Waals surface area contributed by atoms with Gasteiger partial charge in [0.1, 0.15) is 11.6 Å². The van der Waals surface area contributed by atoms with Crippen LogP contribution in [0.5, 0.6) is 0 Å². The third-order valence-electron chi connectivity index (χ3n) is 2.66. The Balaban J connectivity index is 2.18. The lowest BCUT2D eigenvalue weighted by Gasteiger charge is -1.97. The summed E-state index contributed by atoms with van der Waals surface area (Å²) in [5.41, 5.74) is 9.45. The maximum Gasteiger partial charge on any atom is 0.180 e. The molecule has 0 fully saturated rings. The molecule has 17 heavy (non-hydrogen) atoms. The number of nitrogens with one attached hydrogen (secondary N) is 1. The minimum atomic E-state index is 0.486. The largest absolute Gasteiger partial charge is 0.384 e. The van der Waals surface area contributed by atoms with Crippen molar-refractivity contribution in [1.29, 1.82) is 0 Å². The van der Waals surface area contributed by atoms with Crippen LogP contribution in [0.1, 0.15) is 5.56 Å². The van der Waals surface area contributed by atoms with Crippen LogP contribution in [0.15, 0.2) is 36.4 Å². The van der Waals surface area contributed by atoms with Crippen LogP contribution in [-0.4, -0.2) is 15.0 Å². The van der Waals surface area contributed by atoms with Gasteiger partial charge in [0, 0.05) is 5.56 Å². The highest BCUT2D eigenvalue weighted by molar-refractivity contribution is 5.77. The molecule has 4 nitrogen and oxygen atoms in total. The number of pyridine rings is 1. The maximum absolute atomic E-state index is 5.63. The number of nitrogens with two attached hydrogens (primary N) is 1. The summed E-state index contributed by atoms with van der Waals surface area (Å²) in [7, 11) is 0. The number of nitrogen functional groups attached to an aromatic ring is 1. The van der Waals surface area contributed by atoms with Crippen LogP contribution >= 0.6 is 0 Å². The van der Waals surface area contributed by atoms with E-state index in [2.05, 4.69) is 34.0 Å². The van der Waals surface area contributed by atoms with E-state index < -0.39 is 0 Å². The quantitative estimate of drug-likeness (QED) is 0.667. The van der Waals surface area contributed by atoms with E-state index in [0.717, 1.165) is 16.9 Å². The van der Waals surface area contributed by atoms with Crippen molar-refractivity contribution in [3.63, 3.8) is 0 Å². The predicted molar refractivity (Wildman–Crippen MR) is 68.5 cm³/mol. The number of hydrogen-bond acceptors (Lipinski definition) is 3. The average Bonchev–Trinajstić information content (AvgIpc) is 2.72. The Morgan fingerprint density at radius 1 is 1.12 bits per heavy atom. The SMILES string of the molecule is Cc1cccc(-c2nc3nc(N)ccc3[nH]2)c1.